The average Bonchev–Trinajstić information content (AvgIpc) is 3.25. The average molecular weight is 391 g/mol. The van der Waals surface area contributed by atoms with Gasteiger partial charge in [-0.1, -0.05) is 43.4 Å². The standard InChI is InChI=1S/C19H26N4O3S/c24-15(20-19-22-21-16(27-19)12-6-2-1-3-7-12)10-11-23-17(25)13-8-4-5-9-14(13)18(23)26/h12-14H,1-11H2,(H,20,22,24)/t13-,14-/m1/s1. The molecule has 3 aliphatic rings. The lowest BCUT2D eigenvalue weighted by atomic mass is 9.81. The molecule has 7 nitrogen and oxygen atoms in total. The number of amides is 3. The summed E-state index contributed by atoms with van der Waals surface area (Å²) in [5, 5.41) is 12.6. The Hall–Kier alpha value is -1.83. The van der Waals surface area contributed by atoms with Crippen LogP contribution >= 0.6 is 11.3 Å². The van der Waals surface area contributed by atoms with Crippen LogP contribution in [0.15, 0.2) is 0 Å². The van der Waals surface area contributed by atoms with E-state index in [4.69, 9.17) is 0 Å². The summed E-state index contributed by atoms with van der Waals surface area (Å²) in [4.78, 5) is 38.5. The summed E-state index contributed by atoms with van der Waals surface area (Å²) in [6.07, 6.45) is 9.75. The molecular weight excluding hydrogens is 364 g/mol. The molecule has 1 aromatic rings. The number of rotatable bonds is 5. The van der Waals surface area contributed by atoms with E-state index in [-0.39, 0.29) is 42.5 Å². The Balaban J connectivity index is 1.29. The molecule has 4 rings (SSSR count). The van der Waals surface area contributed by atoms with Crippen molar-refractivity contribution in [2.24, 2.45) is 11.8 Å². The molecule has 2 heterocycles. The number of nitrogens with zero attached hydrogens (tertiary/aromatic N) is 3. The maximum Gasteiger partial charge on any atom is 0.233 e. The molecule has 2 aliphatic carbocycles. The molecule has 27 heavy (non-hydrogen) atoms. The number of aromatic nitrogens is 2. The molecular formula is C19H26N4O3S. The van der Waals surface area contributed by atoms with Crippen molar-refractivity contribution in [3.05, 3.63) is 5.01 Å². The van der Waals surface area contributed by atoms with Crippen LogP contribution in [0.1, 0.15) is 75.1 Å². The van der Waals surface area contributed by atoms with Crippen molar-refractivity contribution < 1.29 is 14.4 Å². The monoisotopic (exact) mass is 390 g/mol. The zero-order valence-electron chi connectivity index (χ0n) is 15.5. The van der Waals surface area contributed by atoms with E-state index in [1.807, 2.05) is 0 Å². The van der Waals surface area contributed by atoms with Gasteiger partial charge in [-0.15, -0.1) is 10.2 Å². The number of likely N-dealkylation sites (tertiary alicyclic amines) is 1. The minimum Gasteiger partial charge on any atom is -0.300 e. The topological polar surface area (TPSA) is 92.3 Å². The molecule has 1 saturated heterocycles. The number of fused-ring (bicyclic) bond motifs is 1. The molecule has 0 unspecified atom stereocenters. The second kappa shape index (κ2) is 8.04. The van der Waals surface area contributed by atoms with E-state index in [1.165, 1.54) is 35.5 Å². The van der Waals surface area contributed by atoms with Gasteiger partial charge in [0, 0.05) is 18.9 Å². The number of hydrogen-bond donors (Lipinski definition) is 1. The third-order valence-corrected chi connectivity index (χ3v) is 7.14. The summed E-state index contributed by atoms with van der Waals surface area (Å²) in [7, 11) is 0. The summed E-state index contributed by atoms with van der Waals surface area (Å²) >= 11 is 1.44. The van der Waals surface area contributed by atoms with Gasteiger partial charge in [0.15, 0.2) is 0 Å². The van der Waals surface area contributed by atoms with Crippen LogP contribution in [0.3, 0.4) is 0 Å². The maximum atomic E-state index is 12.5. The first-order valence-corrected chi connectivity index (χ1v) is 10.9. The third kappa shape index (κ3) is 3.90. The van der Waals surface area contributed by atoms with Crippen LogP contribution in [-0.4, -0.2) is 39.4 Å². The number of nitrogens with one attached hydrogen (secondary N) is 1. The highest BCUT2D eigenvalue weighted by Gasteiger charge is 2.47. The van der Waals surface area contributed by atoms with Gasteiger partial charge in [-0.25, -0.2) is 0 Å². The number of carbonyl (C=O) groups is 3. The fourth-order valence-corrected chi connectivity index (χ4v) is 5.57. The van der Waals surface area contributed by atoms with Crippen LogP contribution in [-0.2, 0) is 14.4 Å². The largest absolute Gasteiger partial charge is 0.300 e. The smallest absolute Gasteiger partial charge is 0.233 e. The highest BCUT2D eigenvalue weighted by molar-refractivity contribution is 7.15. The summed E-state index contributed by atoms with van der Waals surface area (Å²) < 4.78 is 0. The molecule has 1 aliphatic heterocycles. The van der Waals surface area contributed by atoms with Crippen LogP contribution in [0, 0.1) is 11.8 Å². The van der Waals surface area contributed by atoms with Crippen molar-refractivity contribution >= 4 is 34.2 Å². The molecule has 2 atom stereocenters. The Morgan fingerprint density at radius 1 is 0.963 bits per heavy atom. The lowest BCUT2D eigenvalue weighted by molar-refractivity contribution is -0.140. The summed E-state index contributed by atoms with van der Waals surface area (Å²) in [5.74, 6) is -0.256. The molecule has 0 spiro atoms. The fraction of sp³-hybridized carbons (Fsp3) is 0.737. The van der Waals surface area contributed by atoms with Gasteiger partial charge in [0.05, 0.1) is 11.8 Å². The lowest BCUT2D eigenvalue weighted by Crippen LogP contribution is -2.34. The number of imide groups is 1. The number of anilines is 1. The zero-order chi connectivity index (χ0) is 18.8. The van der Waals surface area contributed by atoms with Gasteiger partial charge in [-0.05, 0) is 25.7 Å². The fourth-order valence-electron chi connectivity index (χ4n) is 4.65. The normalized spacial score (nSPS) is 26.3. The third-order valence-electron chi connectivity index (χ3n) is 6.14. The van der Waals surface area contributed by atoms with Gasteiger partial charge >= 0.3 is 0 Å². The van der Waals surface area contributed by atoms with E-state index >= 15 is 0 Å². The first kappa shape index (κ1) is 18.5. The number of carbonyl (C=O) groups excluding carboxylic acids is 3. The molecule has 3 fully saturated rings. The molecule has 0 aromatic carbocycles. The van der Waals surface area contributed by atoms with E-state index < -0.39 is 0 Å². The van der Waals surface area contributed by atoms with Gasteiger partial charge in [0.25, 0.3) is 0 Å². The van der Waals surface area contributed by atoms with E-state index in [1.54, 1.807) is 0 Å². The van der Waals surface area contributed by atoms with Crippen LogP contribution in [0.5, 0.6) is 0 Å². The minimum atomic E-state index is -0.225. The quantitative estimate of drug-likeness (QED) is 0.780. The zero-order valence-corrected chi connectivity index (χ0v) is 16.3. The molecule has 0 radical (unpaired) electrons. The number of hydrogen-bond acceptors (Lipinski definition) is 6. The maximum absolute atomic E-state index is 12.5. The van der Waals surface area contributed by atoms with Crippen LogP contribution in [0.25, 0.3) is 0 Å². The van der Waals surface area contributed by atoms with Gasteiger partial charge < -0.3 is 5.32 Å². The van der Waals surface area contributed by atoms with Crippen molar-refractivity contribution in [2.75, 3.05) is 11.9 Å². The van der Waals surface area contributed by atoms with E-state index in [9.17, 15) is 14.4 Å². The van der Waals surface area contributed by atoms with Crippen molar-refractivity contribution in [3.8, 4) is 0 Å². The Labute approximate surface area is 162 Å². The van der Waals surface area contributed by atoms with Gasteiger partial charge in [0.1, 0.15) is 5.01 Å². The predicted octanol–water partition coefficient (Wildman–Crippen LogP) is 3.09. The molecule has 146 valence electrons. The molecule has 1 N–H and O–H groups in total. The predicted molar refractivity (Wildman–Crippen MR) is 101 cm³/mol. The summed E-state index contributed by atoms with van der Waals surface area (Å²) in [6.45, 7) is 0.158. The van der Waals surface area contributed by atoms with Gasteiger partial charge in [-0.2, -0.15) is 0 Å². The summed E-state index contributed by atoms with van der Waals surface area (Å²) in [5.41, 5.74) is 0. The minimum absolute atomic E-state index is 0.0898. The van der Waals surface area contributed by atoms with Crippen LogP contribution < -0.4 is 5.32 Å². The molecule has 2 saturated carbocycles. The first-order valence-electron chi connectivity index (χ1n) is 10.1. The second-order valence-electron chi connectivity index (χ2n) is 7.90. The first-order chi connectivity index (χ1) is 13.1. The Morgan fingerprint density at radius 3 is 2.26 bits per heavy atom. The molecule has 1 aromatic heterocycles. The molecule has 8 heteroatoms. The van der Waals surface area contributed by atoms with Crippen LogP contribution in [0.4, 0.5) is 5.13 Å². The Morgan fingerprint density at radius 2 is 1.59 bits per heavy atom. The van der Waals surface area contributed by atoms with Crippen LogP contribution in [0.2, 0.25) is 0 Å². The second-order valence-corrected chi connectivity index (χ2v) is 8.91. The van der Waals surface area contributed by atoms with Gasteiger partial charge in [-0.3, -0.25) is 19.3 Å². The van der Waals surface area contributed by atoms with Crippen molar-refractivity contribution in [1.29, 1.82) is 0 Å². The van der Waals surface area contributed by atoms with Gasteiger partial charge in [0.2, 0.25) is 22.9 Å². The molecule has 3 amide bonds. The van der Waals surface area contributed by atoms with E-state index in [2.05, 4.69) is 15.5 Å². The Kier molecular flexibility index (Phi) is 5.52. The van der Waals surface area contributed by atoms with Crippen molar-refractivity contribution in [2.45, 2.75) is 70.1 Å². The van der Waals surface area contributed by atoms with E-state index in [0.29, 0.717) is 11.0 Å². The van der Waals surface area contributed by atoms with Crippen molar-refractivity contribution in [1.82, 2.24) is 15.1 Å². The lowest BCUT2D eigenvalue weighted by Gasteiger charge is -2.19. The van der Waals surface area contributed by atoms with E-state index in [0.717, 1.165) is 43.5 Å². The SMILES string of the molecule is O=C(CCN1C(=O)[C@@H]2CCCC[C@H]2C1=O)Nc1nnc(C2CCCCC2)s1. The highest BCUT2D eigenvalue weighted by Crippen LogP contribution is 2.38. The Bertz CT molecular complexity index is 704. The summed E-state index contributed by atoms with van der Waals surface area (Å²) in [6, 6.07) is 0. The highest BCUT2D eigenvalue weighted by atomic mass is 32.1. The molecule has 0 bridgehead atoms. The van der Waals surface area contributed by atoms with Crippen molar-refractivity contribution in [3.63, 3.8) is 0 Å².